The molecule has 0 unspecified atom stereocenters. The fraction of sp³-hybridized carbons (Fsp3) is 0.357. The first-order chi connectivity index (χ1) is 9.54. The third-order valence-corrected chi connectivity index (χ3v) is 3.36. The molecule has 0 aliphatic carbocycles. The summed E-state index contributed by atoms with van der Waals surface area (Å²) >= 11 is 0. The van der Waals surface area contributed by atoms with Crippen molar-refractivity contribution in [1.29, 1.82) is 0 Å². The lowest BCUT2D eigenvalue weighted by Crippen LogP contribution is -2.08. The number of aryl methyl sites for hydroxylation is 1. The number of nitro groups is 1. The van der Waals surface area contributed by atoms with Crippen LogP contribution in [-0.4, -0.2) is 21.0 Å². The average molecular weight is 274 g/mol. The van der Waals surface area contributed by atoms with Gasteiger partial charge in [-0.2, -0.15) is 0 Å². The molecule has 2 rings (SSSR count). The van der Waals surface area contributed by atoms with Crippen LogP contribution in [0.1, 0.15) is 23.9 Å². The molecule has 0 saturated heterocycles. The van der Waals surface area contributed by atoms with E-state index in [2.05, 4.69) is 10.3 Å². The molecule has 0 aliphatic rings. The summed E-state index contributed by atoms with van der Waals surface area (Å²) in [4.78, 5) is 15.0. The van der Waals surface area contributed by atoms with E-state index >= 15 is 0 Å². The molecule has 0 radical (unpaired) electrons. The zero-order valence-corrected chi connectivity index (χ0v) is 11.9. The van der Waals surface area contributed by atoms with Gasteiger partial charge < -0.3 is 9.88 Å². The molecule has 0 aliphatic heterocycles. The quantitative estimate of drug-likeness (QED) is 0.672. The van der Waals surface area contributed by atoms with E-state index in [9.17, 15) is 10.1 Å². The highest BCUT2D eigenvalue weighted by Crippen LogP contribution is 2.29. The lowest BCUT2D eigenvalue weighted by atomic mass is 10.1. The molecule has 0 amide bonds. The normalized spacial score (nSPS) is 10.6. The summed E-state index contributed by atoms with van der Waals surface area (Å²) in [5.41, 5.74) is 3.63. The van der Waals surface area contributed by atoms with E-state index < -0.39 is 0 Å². The van der Waals surface area contributed by atoms with Crippen molar-refractivity contribution in [3.8, 4) is 0 Å². The smallest absolute Gasteiger partial charge is 0.292 e. The number of imidazole rings is 1. The predicted molar refractivity (Wildman–Crippen MR) is 78.1 cm³/mol. The minimum absolute atomic E-state index is 0.110. The van der Waals surface area contributed by atoms with Gasteiger partial charge in [-0.15, -0.1) is 0 Å². The number of nitro benzene ring substituents is 1. The third kappa shape index (κ3) is 2.64. The maximum absolute atomic E-state index is 11.1. The van der Waals surface area contributed by atoms with Crippen LogP contribution in [0.2, 0.25) is 0 Å². The fourth-order valence-electron chi connectivity index (χ4n) is 2.14. The van der Waals surface area contributed by atoms with Crippen LogP contribution < -0.4 is 5.32 Å². The molecule has 1 aromatic carbocycles. The van der Waals surface area contributed by atoms with Gasteiger partial charge >= 0.3 is 0 Å². The molecule has 0 fully saturated rings. The summed E-state index contributed by atoms with van der Waals surface area (Å²) in [6, 6.07) is 5.14. The van der Waals surface area contributed by atoms with E-state index in [4.69, 9.17) is 0 Å². The van der Waals surface area contributed by atoms with Crippen LogP contribution in [0.3, 0.4) is 0 Å². The van der Waals surface area contributed by atoms with Crippen molar-refractivity contribution in [2.24, 2.45) is 0 Å². The second-order valence-corrected chi connectivity index (χ2v) is 4.64. The van der Waals surface area contributed by atoms with Crippen LogP contribution >= 0.6 is 0 Å². The van der Waals surface area contributed by atoms with Gasteiger partial charge in [-0.3, -0.25) is 10.1 Å². The lowest BCUT2D eigenvalue weighted by Gasteiger charge is -2.12. The summed E-state index contributed by atoms with van der Waals surface area (Å²) in [5.74, 6) is 0. The second kappa shape index (κ2) is 5.73. The molecule has 0 saturated carbocycles. The molecule has 0 bridgehead atoms. The Bertz CT molecular complexity index is 634. The van der Waals surface area contributed by atoms with Gasteiger partial charge in [0.15, 0.2) is 0 Å². The summed E-state index contributed by atoms with van der Waals surface area (Å²) in [7, 11) is 0. The zero-order chi connectivity index (χ0) is 14.7. The number of rotatable bonds is 5. The highest BCUT2D eigenvalue weighted by atomic mass is 16.6. The largest absolute Gasteiger partial charge is 0.379 e. The van der Waals surface area contributed by atoms with Crippen molar-refractivity contribution in [2.75, 3.05) is 11.9 Å². The molecule has 2 aromatic rings. The Morgan fingerprint density at radius 2 is 2.15 bits per heavy atom. The fourth-order valence-corrected chi connectivity index (χ4v) is 2.14. The molecule has 1 aromatic heterocycles. The average Bonchev–Trinajstić information content (AvgIpc) is 2.72. The molecule has 6 heteroatoms. The number of hydrogen-bond donors (Lipinski definition) is 1. The maximum atomic E-state index is 11.1. The van der Waals surface area contributed by atoms with Gasteiger partial charge in [0, 0.05) is 23.9 Å². The molecule has 1 heterocycles. The van der Waals surface area contributed by atoms with Crippen molar-refractivity contribution in [3.05, 3.63) is 51.6 Å². The summed E-state index contributed by atoms with van der Waals surface area (Å²) in [6.07, 6.45) is 1.76. The van der Waals surface area contributed by atoms with E-state index in [1.165, 1.54) is 6.07 Å². The van der Waals surface area contributed by atoms with Crippen LogP contribution in [0, 0.1) is 24.0 Å². The molecule has 106 valence electrons. The maximum Gasteiger partial charge on any atom is 0.292 e. The topological polar surface area (TPSA) is 73.0 Å². The monoisotopic (exact) mass is 274 g/mol. The highest BCUT2D eigenvalue weighted by Gasteiger charge is 2.17. The van der Waals surface area contributed by atoms with Gasteiger partial charge in [0.2, 0.25) is 0 Å². The number of nitrogens with one attached hydrogen (secondary N) is 1. The molecular weight excluding hydrogens is 256 g/mol. The molecule has 1 N–H and O–H groups in total. The summed E-state index contributed by atoms with van der Waals surface area (Å²) in [5, 5.41) is 14.2. The molecule has 20 heavy (non-hydrogen) atoms. The van der Waals surface area contributed by atoms with Crippen molar-refractivity contribution < 1.29 is 4.92 Å². The van der Waals surface area contributed by atoms with E-state index in [1.54, 1.807) is 12.4 Å². The molecule has 0 spiro atoms. The molecular formula is C14H18N4O2. The van der Waals surface area contributed by atoms with Gasteiger partial charge in [-0.25, -0.2) is 4.98 Å². The summed E-state index contributed by atoms with van der Waals surface area (Å²) < 4.78 is 2.00. The first kappa shape index (κ1) is 14.0. The number of anilines is 1. The molecule has 0 atom stereocenters. The zero-order valence-electron chi connectivity index (χ0n) is 11.9. The SMILES string of the molecule is CCNc1c(Cn2cnc(C)c2C)cccc1[N+](=O)[O-]. The molecule has 6 nitrogen and oxygen atoms in total. The predicted octanol–water partition coefficient (Wildman–Crippen LogP) is 2.89. The van der Waals surface area contributed by atoms with E-state index in [-0.39, 0.29) is 10.6 Å². The minimum Gasteiger partial charge on any atom is -0.379 e. The Morgan fingerprint density at radius 1 is 1.40 bits per heavy atom. The number of para-hydroxylation sites is 1. The Hall–Kier alpha value is -2.37. The van der Waals surface area contributed by atoms with Crippen LogP contribution in [0.25, 0.3) is 0 Å². The van der Waals surface area contributed by atoms with Crippen molar-refractivity contribution in [3.63, 3.8) is 0 Å². The Kier molecular flexibility index (Phi) is 4.02. The van der Waals surface area contributed by atoms with Gasteiger partial charge in [0.05, 0.1) is 23.5 Å². The van der Waals surface area contributed by atoms with Crippen LogP contribution in [-0.2, 0) is 6.54 Å². The lowest BCUT2D eigenvalue weighted by molar-refractivity contribution is -0.384. The third-order valence-electron chi connectivity index (χ3n) is 3.36. The minimum atomic E-state index is -0.354. The van der Waals surface area contributed by atoms with Gasteiger partial charge in [0.1, 0.15) is 5.69 Å². The van der Waals surface area contributed by atoms with E-state index in [0.717, 1.165) is 17.0 Å². The number of benzene rings is 1. The second-order valence-electron chi connectivity index (χ2n) is 4.64. The van der Waals surface area contributed by atoms with Crippen molar-refractivity contribution in [1.82, 2.24) is 9.55 Å². The van der Waals surface area contributed by atoms with Crippen molar-refractivity contribution in [2.45, 2.75) is 27.3 Å². The standard InChI is InChI=1S/C14H18N4O2/c1-4-15-14-12(6-5-7-13(14)18(19)20)8-17-9-16-10(2)11(17)3/h5-7,9,15H,4,8H2,1-3H3. The number of hydrogen-bond acceptors (Lipinski definition) is 4. The summed E-state index contributed by atoms with van der Waals surface area (Å²) in [6.45, 7) is 7.07. The van der Waals surface area contributed by atoms with Gasteiger partial charge in [-0.05, 0) is 20.8 Å². The van der Waals surface area contributed by atoms with E-state index in [1.807, 2.05) is 31.4 Å². The van der Waals surface area contributed by atoms with Crippen LogP contribution in [0.4, 0.5) is 11.4 Å². The van der Waals surface area contributed by atoms with Gasteiger partial charge in [-0.1, -0.05) is 12.1 Å². The number of aromatic nitrogens is 2. The number of nitrogens with zero attached hydrogens (tertiary/aromatic N) is 3. The Morgan fingerprint density at radius 3 is 2.70 bits per heavy atom. The first-order valence-corrected chi connectivity index (χ1v) is 6.53. The Labute approximate surface area is 117 Å². The van der Waals surface area contributed by atoms with Gasteiger partial charge in [0.25, 0.3) is 5.69 Å². The highest BCUT2D eigenvalue weighted by molar-refractivity contribution is 5.66. The van der Waals surface area contributed by atoms with Crippen molar-refractivity contribution >= 4 is 11.4 Å². The van der Waals surface area contributed by atoms with E-state index in [0.29, 0.717) is 18.8 Å². The Balaban J connectivity index is 2.43. The van der Waals surface area contributed by atoms with Crippen LogP contribution in [0.5, 0.6) is 0 Å². The first-order valence-electron chi connectivity index (χ1n) is 6.53. The van der Waals surface area contributed by atoms with Crippen LogP contribution in [0.15, 0.2) is 24.5 Å².